The molecule has 1 fully saturated rings. The molecule has 0 bridgehead atoms. The van der Waals surface area contributed by atoms with Gasteiger partial charge in [-0.3, -0.25) is 4.98 Å². The number of aryl methyl sites for hydroxylation is 2. The van der Waals surface area contributed by atoms with Gasteiger partial charge in [-0.25, -0.2) is 0 Å². The highest BCUT2D eigenvalue weighted by Gasteiger charge is 2.42. The second-order valence-electron chi connectivity index (χ2n) is 8.16. The first kappa shape index (κ1) is 22.0. The Balaban J connectivity index is 1.69. The number of aromatic nitrogens is 2. The van der Waals surface area contributed by atoms with Gasteiger partial charge >= 0.3 is 0 Å². The number of hydrogen-bond donors (Lipinski definition) is 1. The first-order valence-corrected chi connectivity index (χ1v) is 11.8. The molecule has 1 saturated heterocycles. The number of rotatable bonds is 4. The van der Waals surface area contributed by atoms with Crippen LogP contribution in [0.1, 0.15) is 34.6 Å². The molecule has 2 atom stereocenters. The third-order valence-corrected chi connectivity index (χ3v) is 6.97. The molecule has 0 radical (unpaired) electrons. The molecule has 2 aromatic heterocycles. The highest BCUT2D eigenvalue weighted by molar-refractivity contribution is 7.80. The van der Waals surface area contributed by atoms with Crippen molar-refractivity contribution in [2.75, 3.05) is 4.90 Å². The molecule has 4 nitrogen and oxygen atoms in total. The quantitative estimate of drug-likeness (QED) is 0.311. The monoisotopic (exact) mass is 492 g/mol. The summed E-state index contributed by atoms with van der Waals surface area (Å²) in [7, 11) is 0. The van der Waals surface area contributed by atoms with Crippen LogP contribution in [0.3, 0.4) is 0 Å². The van der Waals surface area contributed by atoms with Crippen molar-refractivity contribution in [1.29, 1.82) is 0 Å². The SMILES string of the molecule is Cc1ccc(N2C(=S)N[C@H](c3ccccn3)[C@@H]2c2cccn2-c2ccc(Cl)cc2Cl)cc1C. The molecule has 1 N–H and O–H groups in total. The van der Waals surface area contributed by atoms with Crippen LogP contribution in [0.5, 0.6) is 0 Å². The molecule has 33 heavy (non-hydrogen) atoms. The summed E-state index contributed by atoms with van der Waals surface area (Å²) in [6, 6.07) is 21.8. The summed E-state index contributed by atoms with van der Waals surface area (Å²) in [4.78, 5) is 6.82. The molecule has 7 heteroatoms. The van der Waals surface area contributed by atoms with E-state index in [1.54, 1.807) is 6.07 Å². The van der Waals surface area contributed by atoms with E-state index < -0.39 is 0 Å². The third kappa shape index (κ3) is 4.01. The van der Waals surface area contributed by atoms with Crippen molar-refractivity contribution in [3.05, 3.63) is 112 Å². The molecule has 0 aliphatic carbocycles. The van der Waals surface area contributed by atoms with Crippen molar-refractivity contribution in [2.45, 2.75) is 25.9 Å². The number of benzene rings is 2. The largest absolute Gasteiger partial charge is 0.351 e. The van der Waals surface area contributed by atoms with Crippen molar-refractivity contribution in [2.24, 2.45) is 0 Å². The number of halogens is 2. The summed E-state index contributed by atoms with van der Waals surface area (Å²) >= 11 is 18.6. The van der Waals surface area contributed by atoms with Gasteiger partial charge in [-0.15, -0.1) is 0 Å². The van der Waals surface area contributed by atoms with Gasteiger partial charge < -0.3 is 14.8 Å². The van der Waals surface area contributed by atoms with Gasteiger partial charge in [0, 0.05) is 28.8 Å². The average molecular weight is 493 g/mol. The van der Waals surface area contributed by atoms with Crippen LogP contribution >= 0.6 is 35.4 Å². The standard InChI is InChI=1S/C26H22Cl2N4S/c1-16-8-10-19(14-17(16)2)32-25(24(30-26(32)33)21-6-3-4-12-29-21)23-7-5-13-31(23)22-11-9-18(27)15-20(22)28/h3-15,24-25H,1-2H3,(H,30,33)/t24-,25+/m1/s1. The van der Waals surface area contributed by atoms with Crippen LogP contribution in [-0.4, -0.2) is 14.7 Å². The summed E-state index contributed by atoms with van der Waals surface area (Å²) in [5.41, 5.74) is 6.32. The van der Waals surface area contributed by atoms with Crippen molar-refractivity contribution >= 4 is 46.2 Å². The average Bonchev–Trinajstić information content (AvgIpc) is 3.40. The number of hydrogen-bond acceptors (Lipinski definition) is 2. The fourth-order valence-electron chi connectivity index (χ4n) is 4.34. The second-order valence-corrected chi connectivity index (χ2v) is 9.39. The van der Waals surface area contributed by atoms with Crippen LogP contribution in [0.4, 0.5) is 5.69 Å². The normalized spacial score (nSPS) is 17.9. The molecule has 0 spiro atoms. The van der Waals surface area contributed by atoms with Gasteiger partial charge in [0.2, 0.25) is 0 Å². The fourth-order valence-corrected chi connectivity index (χ4v) is 5.19. The Kier molecular flexibility index (Phi) is 5.87. The van der Waals surface area contributed by atoms with E-state index in [4.69, 9.17) is 35.4 Å². The molecule has 0 unspecified atom stereocenters. The Morgan fingerprint density at radius 3 is 2.52 bits per heavy atom. The molecule has 4 aromatic rings. The molecule has 166 valence electrons. The van der Waals surface area contributed by atoms with Gasteiger partial charge in [-0.1, -0.05) is 35.3 Å². The Hall–Kier alpha value is -2.86. The lowest BCUT2D eigenvalue weighted by atomic mass is 10.00. The van der Waals surface area contributed by atoms with E-state index >= 15 is 0 Å². The van der Waals surface area contributed by atoms with Gasteiger partial charge in [0.25, 0.3) is 0 Å². The summed E-state index contributed by atoms with van der Waals surface area (Å²) in [5, 5.41) is 5.37. The van der Waals surface area contributed by atoms with Crippen LogP contribution < -0.4 is 10.2 Å². The minimum absolute atomic E-state index is 0.139. The Labute approximate surface area is 208 Å². The van der Waals surface area contributed by atoms with Gasteiger partial charge in [0.15, 0.2) is 5.11 Å². The maximum absolute atomic E-state index is 6.60. The Bertz CT molecular complexity index is 1340. The molecule has 5 rings (SSSR count). The van der Waals surface area contributed by atoms with Gasteiger partial charge in [0.1, 0.15) is 6.04 Å². The van der Waals surface area contributed by atoms with E-state index in [1.165, 1.54) is 11.1 Å². The lowest BCUT2D eigenvalue weighted by Crippen LogP contribution is -2.30. The highest BCUT2D eigenvalue weighted by atomic mass is 35.5. The summed E-state index contributed by atoms with van der Waals surface area (Å²) in [6.45, 7) is 4.23. The molecular weight excluding hydrogens is 471 g/mol. The van der Waals surface area contributed by atoms with E-state index in [1.807, 2.05) is 48.8 Å². The molecule has 1 aliphatic rings. The van der Waals surface area contributed by atoms with Crippen LogP contribution in [0.25, 0.3) is 5.69 Å². The smallest absolute Gasteiger partial charge is 0.174 e. The van der Waals surface area contributed by atoms with Crippen molar-refractivity contribution in [3.8, 4) is 5.69 Å². The molecule has 2 aromatic carbocycles. The minimum atomic E-state index is -0.142. The number of nitrogens with zero attached hydrogens (tertiary/aromatic N) is 3. The predicted octanol–water partition coefficient (Wildman–Crippen LogP) is 6.97. The third-order valence-electron chi connectivity index (χ3n) is 6.12. The predicted molar refractivity (Wildman–Crippen MR) is 140 cm³/mol. The highest BCUT2D eigenvalue weighted by Crippen LogP contribution is 2.43. The summed E-state index contributed by atoms with van der Waals surface area (Å²) < 4.78 is 2.10. The minimum Gasteiger partial charge on any atom is -0.351 e. The Morgan fingerprint density at radius 1 is 0.939 bits per heavy atom. The molecule has 0 amide bonds. The van der Waals surface area contributed by atoms with Crippen LogP contribution in [0.2, 0.25) is 10.0 Å². The van der Waals surface area contributed by atoms with Gasteiger partial charge in [-0.05, 0) is 91.8 Å². The number of thiocarbonyl (C=S) groups is 1. The molecular formula is C26H22Cl2N4S. The van der Waals surface area contributed by atoms with Crippen LogP contribution in [-0.2, 0) is 0 Å². The number of pyridine rings is 1. The van der Waals surface area contributed by atoms with E-state index in [-0.39, 0.29) is 12.1 Å². The lowest BCUT2D eigenvalue weighted by molar-refractivity contribution is 0.549. The zero-order chi connectivity index (χ0) is 23.1. The molecule has 0 saturated carbocycles. The van der Waals surface area contributed by atoms with E-state index in [0.717, 1.165) is 22.8 Å². The van der Waals surface area contributed by atoms with Crippen molar-refractivity contribution in [1.82, 2.24) is 14.9 Å². The van der Waals surface area contributed by atoms with E-state index in [0.29, 0.717) is 15.2 Å². The number of nitrogens with one attached hydrogen (secondary N) is 1. The number of anilines is 1. The first-order valence-electron chi connectivity index (χ1n) is 10.6. The first-order chi connectivity index (χ1) is 15.9. The zero-order valence-electron chi connectivity index (χ0n) is 18.2. The summed E-state index contributed by atoms with van der Waals surface area (Å²) in [6.07, 6.45) is 3.82. The second kappa shape index (κ2) is 8.82. The van der Waals surface area contributed by atoms with Crippen LogP contribution in [0, 0.1) is 13.8 Å². The maximum atomic E-state index is 6.60. The van der Waals surface area contributed by atoms with E-state index in [2.05, 4.69) is 57.9 Å². The summed E-state index contributed by atoms with van der Waals surface area (Å²) in [5.74, 6) is 0. The fraction of sp³-hybridized carbons (Fsp3) is 0.154. The topological polar surface area (TPSA) is 33.1 Å². The molecule has 1 aliphatic heterocycles. The molecule has 3 heterocycles. The maximum Gasteiger partial charge on any atom is 0.174 e. The van der Waals surface area contributed by atoms with Crippen molar-refractivity contribution in [3.63, 3.8) is 0 Å². The zero-order valence-corrected chi connectivity index (χ0v) is 20.5. The van der Waals surface area contributed by atoms with Crippen LogP contribution in [0.15, 0.2) is 79.1 Å². The van der Waals surface area contributed by atoms with Crippen molar-refractivity contribution < 1.29 is 0 Å². The lowest BCUT2D eigenvalue weighted by Gasteiger charge is -2.29. The Morgan fingerprint density at radius 2 is 1.79 bits per heavy atom. The van der Waals surface area contributed by atoms with Gasteiger partial charge in [0.05, 0.1) is 22.4 Å². The van der Waals surface area contributed by atoms with E-state index in [9.17, 15) is 0 Å². The van der Waals surface area contributed by atoms with Gasteiger partial charge in [-0.2, -0.15) is 0 Å².